The number of benzene rings is 3. The van der Waals surface area contributed by atoms with Crippen LogP contribution in [0.25, 0.3) is 0 Å². The molecule has 0 heterocycles. The third-order valence-corrected chi connectivity index (χ3v) is 7.76. The van der Waals surface area contributed by atoms with Gasteiger partial charge in [0.25, 0.3) is 20.2 Å². The van der Waals surface area contributed by atoms with Gasteiger partial charge in [0.05, 0.1) is 30.6 Å². The predicted octanol–water partition coefficient (Wildman–Crippen LogP) is 3.88. The molecule has 0 saturated heterocycles. The smallest absolute Gasteiger partial charge is 0.297 e. The van der Waals surface area contributed by atoms with Crippen LogP contribution in [0.4, 0.5) is 0 Å². The van der Waals surface area contributed by atoms with Crippen molar-refractivity contribution in [2.45, 2.75) is 29.7 Å². The van der Waals surface area contributed by atoms with Crippen LogP contribution in [0.15, 0.2) is 76.5 Å². The summed E-state index contributed by atoms with van der Waals surface area (Å²) < 4.78 is 78.1. The fourth-order valence-corrected chi connectivity index (χ4v) is 5.10. The zero-order valence-corrected chi connectivity index (χ0v) is 22.0. The van der Waals surface area contributed by atoms with Crippen molar-refractivity contribution in [1.82, 2.24) is 0 Å². The summed E-state index contributed by atoms with van der Waals surface area (Å²) >= 11 is 0. The molecule has 0 N–H and O–H groups in total. The van der Waals surface area contributed by atoms with Crippen LogP contribution in [0, 0.1) is 13.8 Å². The first kappa shape index (κ1) is 27.5. The SMILES string of the molecule is COc1cccc(OC)c1OC[C@H](COS(=O)(=O)c1ccc(C)cc1)OS(=O)(=O)c1ccc(C)cc1. The average Bonchev–Trinajstić information content (AvgIpc) is 2.85. The summed E-state index contributed by atoms with van der Waals surface area (Å²) in [5.41, 5.74) is 1.74. The van der Waals surface area contributed by atoms with E-state index in [2.05, 4.69) is 0 Å². The number of hydrogen-bond donors (Lipinski definition) is 0. The lowest BCUT2D eigenvalue weighted by Crippen LogP contribution is -2.31. The van der Waals surface area contributed by atoms with Crippen molar-refractivity contribution < 1.29 is 39.4 Å². The molecule has 0 amide bonds. The van der Waals surface area contributed by atoms with Crippen LogP contribution in [-0.4, -0.2) is 50.4 Å². The Kier molecular flexibility index (Phi) is 8.96. The van der Waals surface area contributed by atoms with Gasteiger partial charge in [0.2, 0.25) is 5.75 Å². The second-order valence-electron chi connectivity index (χ2n) is 7.84. The Bertz CT molecular complexity index is 1340. The van der Waals surface area contributed by atoms with Gasteiger partial charge in [-0.15, -0.1) is 0 Å². The second-order valence-corrected chi connectivity index (χ2v) is 11.0. The summed E-state index contributed by atoms with van der Waals surface area (Å²) in [6, 6.07) is 17.1. The number of rotatable bonds is 12. The summed E-state index contributed by atoms with van der Waals surface area (Å²) in [5.74, 6) is 0.871. The monoisotopic (exact) mass is 536 g/mol. The normalized spacial score (nSPS) is 12.7. The fraction of sp³-hybridized carbons (Fsp3) is 0.280. The summed E-state index contributed by atoms with van der Waals surface area (Å²) in [6.45, 7) is 2.63. The van der Waals surface area contributed by atoms with E-state index in [-0.39, 0.29) is 22.1 Å². The molecule has 0 radical (unpaired) electrons. The maximum absolute atomic E-state index is 12.9. The quantitative estimate of drug-likeness (QED) is 0.318. The molecule has 194 valence electrons. The predicted molar refractivity (Wildman–Crippen MR) is 133 cm³/mol. The van der Waals surface area contributed by atoms with Gasteiger partial charge < -0.3 is 14.2 Å². The Balaban J connectivity index is 1.85. The molecule has 11 heteroatoms. The van der Waals surface area contributed by atoms with Gasteiger partial charge in [-0.05, 0) is 50.2 Å². The van der Waals surface area contributed by atoms with Crippen LogP contribution in [0.3, 0.4) is 0 Å². The minimum absolute atomic E-state index is 0.0689. The first-order chi connectivity index (χ1) is 17.1. The van der Waals surface area contributed by atoms with Crippen molar-refractivity contribution in [3.8, 4) is 17.2 Å². The lowest BCUT2D eigenvalue weighted by molar-refractivity contribution is 0.0858. The number of methoxy groups -OCH3 is 2. The van der Waals surface area contributed by atoms with Crippen molar-refractivity contribution in [3.63, 3.8) is 0 Å². The Hall–Kier alpha value is -3.12. The standard InChI is InChI=1S/C25H28O9S2/c1-18-8-12-21(13-9-18)35(26,27)33-17-20(34-36(28,29)22-14-10-19(2)11-15-22)16-32-25-23(30-3)6-5-7-24(25)31-4/h5-15,20H,16-17H2,1-4H3/t20-/m1/s1. The third-order valence-electron chi connectivity index (χ3n) is 5.09. The molecular weight excluding hydrogens is 508 g/mol. The Labute approximate surface area is 211 Å². The van der Waals surface area contributed by atoms with Crippen LogP contribution in [0.1, 0.15) is 11.1 Å². The van der Waals surface area contributed by atoms with Gasteiger partial charge >= 0.3 is 0 Å². The van der Waals surface area contributed by atoms with Crippen molar-refractivity contribution in [2.75, 3.05) is 27.4 Å². The zero-order chi connectivity index (χ0) is 26.3. The lowest BCUT2D eigenvalue weighted by Gasteiger charge is -2.20. The third kappa shape index (κ3) is 6.97. The van der Waals surface area contributed by atoms with Crippen LogP contribution in [0.2, 0.25) is 0 Å². The molecule has 3 aromatic carbocycles. The van der Waals surface area contributed by atoms with E-state index in [0.29, 0.717) is 11.5 Å². The number of para-hydroxylation sites is 1. The van der Waals surface area contributed by atoms with Crippen LogP contribution >= 0.6 is 0 Å². The van der Waals surface area contributed by atoms with Crippen molar-refractivity contribution >= 4 is 20.2 Å². The summed E-state index contributed by atoms with van der Waals surface area (Å²) in [6.07, 6.45) is -1.33. The van der Waals surface area contributed by atoms with Gasteiger partial charge in [0.15, 0.2) is 11.5 Å². The van der Waals surface area contributed by atoms with Crippen LogP contribution < -0.4 is 14.2 Å². The van der Waals surface area contributed by atoms with E-state index in [0.717, 1.165) is 11.1 Å². The maximum atomic E-state index is 12.9. The van der Waals surface area contributed by atoms with Gasteiger partial charge in [-0.2, -0.15) is 16.8 Å². The molecule has 0 aliphatic heterocycles. The minimum atomic E-state index is -4.27. The molecule has 3 aromatic rings. The Morgan fingerprint density at radius 3 is 1.61 bits per heavy atom. The molecule has 0 aliphatic carbocycles. The van der Waals surface area contributed by atoms with E-state index < -0.39 is 32.9 Å². The summed E-state index contributed by atoms with van der Waals surface area (Å²) in [7, 11) is -5.58. The minimum Gasteiger partial charge on any atom is -0.493 e. The maximum Gasteiger partial charge on any atom is 0.297 e. The highest BCUT2D eigenvalue weighted by Crippen LogP contribution is 2.37. The Morgan fingerprint density at radius 2 is 1.14 bits per heavy atom. The molecule has 0 aliphatic rings. The lowest BCUT2D eigenvalue weighted by atomic mass is 10.2. The highest BCUT2D eigenvalue weighted by molar-refractivity contribution is 7.87. The highest BCUT2D eigenvalue weighted by atomic mass is 32.2. The van der Waals surface area contributed by atoms with E-state index in [4.69, 9.17) is 22.6 Å². The van der Waals surface area contributed by atoms with Crippen molar-refractivity contribution in [2.24, 2.45) is 0 Å². The molecule has 0 saturated carbocycles. The van der Waals surface area contributed by atoms with E-state index in [1.165, 1.54) is 38.5 Å². The molecule has 36 heavy (non-hydrogen) atoms. The van der Waals surface area contributed by atoms with E-state index in [1.807, 2.05) is 13.8 Å². The Morgan fingerprint density at radius 1 is 0.667 bits per heavy atom. The molecule has 0 spiro atoms. The van der Waals surface area contributed by atoms with Crippen molar-refractivity contribution in [3.05, 3.63) is 77.9 Å². The first-order valence-corrected chi connectivity index (χ1v) is 13.7. The fourth-order valence-electron chi connectivity index (χ4n) is 3.12. The molecule has 9 nitrogen and oxygen atoms in total. The van der Waals surface area contributed by atoms with E-state index in [1.54, 1.807) is 42.5 Å². The van der Waals surface area contributed by atoms with Gasteiger partial charge in [-0.1, -0.05) is 41.5 Å². The molecule has 0 bridgehead atoms. The highest BCUT2D eigenvalue weighted by Gasteiger charge is 2.27. The van der Waals surface area contributed by atoms with Crippen LogP contribution in [0.5, 0.6) is 17.2 Å². The average molecular weight is 537 g/mol. The molecule has 1 atom stereocenters. The summed E-state index contributed by atoms with van der Waals surface area (Å²) in [5, 5.41) is 0. The van der Waals surface area contributed by atoms with Gasteiger partial charge in [0, 0.05) is 0 Å². The van der Waals surface area contributed by atoms with Crippen molar-refractivity contribution in [1.29, 1.82) is 0 Å². The molecule has 0 unspecified atom stereocenters. The largest absolute Gasteiger partial charge is 0.493 e. The number of ether oxygens (including phenoxy) is 3. The van der Waals surface area contributed by atoms with Crippen LogP contribution in [-0.2, 0) is 28.6 Å². The molecule has 3 rings (SSSR count). The molecule has 0 fully saturated rings. The zero-order valence-electron chi connectivity index (χ0n) is 20.3. The van der Waals surface area contributed by atoms with Gasteiger partial charge in [-0.25, -0.2) is 0 Å². The topological polar surface area (TPSA) is 114 Å². The second kappa shape index (κ2) is 11.7. The van der Waals surface area contributed by atoms with Gasteiger partial charge in [-0.3, -0.25) is 8.37 Å². The number of aryl methyl sites for hydroxylation is 2. The summed E-state index contributed by atoms with van der Waals surface area (Å²) in [4.78, 5) is -0.157. The molecular formula is C25H28O9S2. The van der Waals surface area contributed by atoms with Gasteiger partial charge in [0.1, 0.15) is 12.7 Å². The van der Waals surface area contributed by atoms with E-state index >= 15 is 0 Å². The van der Waals surface area contributed by atoms with E-state index in [9.17, 15) is 16.8 Å². The molecule has 0 aromatic heterocycles. The number of hydrogen-bond acceptors (Lipinski definition) is 9. The first-order valence-electron chi connectivity index (χ1n) is 10.9.